The molecule has 112 valence electrons. The monoisotopic (exact) mass is 284 g/mol. The molecule has 1 aromatic rings. The molecule has 0 unspecified atom stereocenters. The summed E-state index contributed by atoms with van der Waals surface area (Å²) in [5, 5.41) is 3.03. The van der Waals surface area contributed by atoms with E-state index in [1.54, 1.807) is 0 Å². The van der Waals surface area contributed by atoms with Crippen molar-refractivity contribution in [3.05, 3.63) is 29.3 Å². The number of hydrogen-bond acceptors (Lipinski definition) is 2. The summed E-state index contributed by atoms with van der Waals surface area (Å²) in [6.07, 6.45) is 0. The Balaban J connectivity index is 2.17. The van der Waals surface area contributed by atoms with Crippen molar-refractivity contribution >= 4 is 11.6 Å². The molecule has 3 nitrogen and oxygen atoms in total. The Kier molecular flexibility index (Phi) is 3.86. The van der Waals surface area contributed by atoms with Gasteiger partial charge in [-0.1, -0.05) is 39.5 Å². The van der Waals surface area contributed by atoms with Gasteiger partial charge in [-0.25, -0.2) is 0 Å². The van der Waals surface area contributed by atoms with Gasteiger partial charge in [0.2, 0.25) is 5.91 Å². The van der Waals surface area contributed by atoms with Crippen LogP contribution in [0.5, 0.6) is 0 Å². The van der Waals surface area contributed by atoms with Crippen molar-refractivity contribution in [2.45, 2.75) is 34.6 Å². The maximum absolute atomic E-state index is 12.5. The number of carbonyl (C=O) groups excluding carboxylic acids is 1. The number of nitrogens with two attached hydrogens (primary N) is 1. The van der Waals surface area contributed by atoms with Crippen molar-refractivity contribution in [3.63, 3.8) is 0 Å². The molecule has 0 saturated heterocycles. The molecule has 0 atom stereocenters. The molecular formula is C18H24N2O. The van der Waals surface area contributed by atoms with Crippen LogP contribution in [0.2, 0.25) is 0 Å². The highest BCUT2D eigenvalue weighted by atomic mass is 16.2. The van der Waals surface area contributed by atoms with Gasteiger partial charge in [-0.15, -0.1) is 0 Å². The summed E-state index contributed by atoms with van der Waals surface area (Å²) in [7, 11) is 0. The zero-order valence-electron chi connectivity index (χ0n) is 13.5. The fraction of sp³-hybridized carbons (Fsp3) is 0.500. The van der Waals surface area contributed by atoms with Gasteiger partial charge in [-0.2, -0.15) is 0 Å². The molecule has 0 heterocycles. The minimum absolute atomic E-state index is 0.0447. The van der Waals surface area contributed by atoms with Crippen molar-refractivity contribution < 1.29 is 4.79 Å². The third kappa shape index (κ3) is 2.82. The van der Waals surface area contributed by atoms with Crippen LogP contribution in [0.3, 0.4) is 0 Å². The van der Waals surface area contributed by atoms with Gasteiger partial charge in [-0.05, 0) is 41.5 Å². The molecule has 1 saturated carbocycles. The fourth-order valence-corrected chi connectivity index (χ4v) is 3.15. The van der Waals surface area contributed by atoms with E-state index in [0.717, 1.165) is 16.8 Å². The van der Waals surface area contributed by atoms with Gasteiger partial charge >= 0.3 is 0 Å². The highest BCUT2D eigenvalue weighted by Crippen LogP contribution is 2.68. The highest BCUT2D eigenvalue weighted by molar-refractivity contribution is 5.96. The van der Waals surface area contributed by atoms with Gasteiger partial charge in [0.25, 0.3) is 0 Å². The third-order valence-electron chi connectivity index (χ3n) is 4.96. The van der Waals surface area contributed by atoms with E-state index in [0.29, 0.717) is 6.54 Å². The first-order chi connectivity index (χ1) is 9.70. The van der Waals surface area contributed by atoms with Crippen molar-refractivity contribution in [2.24, 2.45) is 22.5 Å². The Bertz CT molecular complexity index is 618. The van der Waals surface area contributed by atoms with Gasteiger partial charge in [0.1, 0.15) is 0 Å². The van der Waals surface area contributed by atoms with Crippen LogP contribution < -0.4 is 11.1 Å². The molecule has 3 N–H and O–H groups in total. The SMILES string of the molecule is Cc1cc(C#CCN)cc(NC(=O)C2C(C)(C)C2(C)C)c1. The second-order valence-electron chi connectivity index (χ2n) is 6.96. The van der Waals surface area contributed by atoms with Gasteiger partial charge in [0.15, 0.2) is 0 Å². The second kappa shape index (κ2) is 5.20. The number of hydrogen-bond donors (Lipinski definition) is 2. The molecule has 1 aliphatic carbocycles. The number of aryl methyl sites for hydroxylation is 1. The highest BCUT2D eigenvalue weighted by Gasteiger charge is 2.68. The lowest BCUT2D eigenvalue weighted by Crippen LogP contribution is -2.17. The molecule has 0 aromatic heterocycles. The molecule has 0 spiro atoms. The van der Waals surface area contributed by atoms with Crippen molar-refractivity contribution in [2.75, 3.05) is 11.9 Å². The largest absolute Gasteiger partial charge is 0.326 e. The van der Waals surface area contributed by atoms with Gasteiger partial charge < -0.3 is 11.1 Å². The molecule has 1 fully saturated rings. The Morgan fingerprint density at radius 3 is 2.38 bits per heavy atom. The predicted octanol–water partition coefficient (Wildman–Crippen LogP) is 2.93. The fourth-order valence-electron chi connectivity index (χ4n) is 3.15. The molecule has 1 aromatic carbocycles. The number of nitrogens with one attached hydrogen (secondary N) is 1. The van der Waals surface area contributed by atoms with E-state index in [1.807, 2.05) is 25.1 Å². The average molecular weight is 284 g/mol. The van der Waals surface area contributed by atoms with Crippen molar-refractivity contribution in [1.29, 1.82) is 0 Å². The van der Waals surface area contributed by atoms with Crippen molar-refractivity contribution in [3.8, 4) is 11.8 Å². The minimum atomic E-state index is 0.0447. The van der Waals surface area contributed by atoms with E-state index in [2.05, 4.69) is 44.9 Å². The summed E-state index contributed by atoms with van der Waals surface area (Å²) in [6.45, 7) is 10.9. The normalized spacial score (nSPS) is 18.6. The van der Waals surface area contributed by atoms with E-state index in [4.69, 9.17) is 5.73 Å². The zero-order chi connectivity index (χ0) is 15.8. The maximum atomic E-state index is 12.5. The summed E-state index contributed by atoms with van der Waals surface area (Å²) >= 11 is 0. The number of benzene rings is 1. The van der Waals surface area contributed by atoms with Crippen LogP contribution in [-0.4, -0.2) is 12.5 Å². The number of rotatable bonds is 2. The topological polar surface area (TPSA) is 55.1 Å². The predicted molar refractivity (Wildman–Crippen MR) is 86.8 cm³/mol. The van der Waals surface area contributed by atoms with Crippen LogP contribution in [0.25, 0.3) is 0 Å². The van der Waals surface area contributed by atoms with Gasteiger partial charge in [0.05, 0.1) is 6.54 Å². The molecule has 2 rings (SSSR count). The quantitative estimate of drug-likeness (QED) is 0.820. The Hall–Kier alpha value is -1.79. The average Bonchev–Trinajstić information content (AvgIpc) is 2.76. The molecule has 1 amide bonds. The summed E-state index contributed by atoms with van der Waals surface area (Å²) in [5.41, 5.74) is 8.24. The van der Waals surface area contributed by atoms with E-state index >= 15 is 0 Å². The molecule has 0 radical (unpaired) electrons. The van der Waals surface area contributed by atoms with Crippen LogP contribution in [0.15, 0.2) is 18.2 Å². The summed E-state index contributed by atoms with van der Waals surface area (Å²) in [4.78, 5) is 12.5. The lowest BCUT2D eigenvalue weighted by atomic mass is 10.0. The smallest absolute Gasteiger partial charge is 0.228 e. The van der Waals surface area contributed by atoms with Crippen LogP contribution >= 0.6 is 0 Å². The van der Waals surface area contributed by atoms with Gasteiger partial charge in [-0.3, -0.25) is 4.79 Å². The van der Waals surface area contributed by atoms with E-state index in [-0.39, 0.29) is 22.7 Å². The minimum Gasteiger partial charge on any atom is -0.326 e. The summed E-state index contributed by atoms with van der Waals surface area (Å²) < 4.78 is 0. The maximum Gasteiger partial charge on any atom is 0.228 e. The van der Waals surface area contributed by atoms with Crippen LogP contribution in [0.1, 0.15) is 38.8 Å². The van der Waals surface area contributed by atoms with Crippen molar-refractivity contribution in [1.82, 2.24) is 0 Å². The second-order valence-corrected chi connectivity index (χ2v) is 6.96. The van der Waals surface area contributed by atoms with E-state index in [9.17, 15) is 4.79 Å². The van der Waals surface area contributed by atoms with E-state index in [1.165, 1.54) is 0 Å². The Morgan fingerprint density at radius 2 is 1.86 bits per heavy atom. The Morgan fingerprint density at radius 1 is 1.24 bits per heavy atom. The lowest BCUT2D eigenvalue weighted by Gasteiger charge is -2.08. The molecule has 1 aliphatic rings. The summed E-state index contributed by atoms with van der Waals surface area (Å²) in [5.74, 6) is 5.99. The molecule has 21 heavy (non-hydrogen) atoms. The molecule has 0 aliphatic heterocycles. The zero-order valence-corrected chi connectivity index (χ0v) is 13.5. The van der Waals surface area contributed by atoms with Crippen LogP contribution in [0.4, 0.5) is 5.69 Å². The summed E-state index contributed by atoms with van der Waals surface area (Å²) in [6, 6.07) is 5.85. The molecular weight excluding hydrogens is 260 g/mol. The standard InChI is InChI=1S/C18H24N2O/c1-12-9-13(7-6-8-19)11-14(10-12)20-16(21)15-17(2,3)18(15,4)5/h9-11,15H,8,19H2,1-5H3,(H,20,21). The number of carbonyl (C=O) groups is 1. The first-order valence-corrected chi connectivity index (χ1v) is 7.31. The number of anilines is 1. The lowest BCUT2D eigenvalue weighted by molar-refractivity contribution is -0.118. The third-order valence-corrected chi connectivity index (χ3v) is 4.96. The number of amides is 1. The van der Waals surface area contributed by atoms with Crippen LogP contribution in [0, 0.1) is 35.5 Å². The van der Waals surface area contributed by atoms with Crippen LogP contribution in [-0.2, 0) is 4.79 Å². The van der Waals surface area contributed by atoms with Gasteiger partial charge in [0, 0.05) is 17.2 Å². The first-order valence-electron chi connectivity index (χ1n) is 7.31. The first kappa shape index (κ1) is 15.6. The molecule has 0 bridgehead atoms. The Labute approximate surface area is 127 Å². The molecule has 3 heteroatoms. The van der Waals surface area contributed by atoms with E-state index < -0.39 is 0 Å².